The summed E-state index contributed by atoms with van der Waals surface area (Å²) in [6.45, 7) is 2.69. The number of benzene rings is 1. The number of hydrogen-bond acceptors (Lipinski definition) is 2. The Balaban J connectivity index is 2.00. The molecule has 1 aromatic carbocycles. The highest BCUT2D eigenvalue weighted by molar-refractivity contribution is 9.11. The van der Waals surface area contributed by atoms with E-state index in [0.29, 0.717) is 6.54 Å². The topological polar surface area (TPSA) is 24.9 Å². The molecule has 19 heavy (non-hydrogen) atoms. The van der Waals surface area contributed by atoms with Crippen molar-refractivity contribution in [3.8, 4) is 0 Å². The van der Waals surface area contributed by atoms with Crippen LogP contribution < -0.4 is 5.32 Å². The van der Waals surface area contributed by atoms with Gasteiger partial charge in [-0.05, 0) is 62.5 Å². The van der Waals surface area contributed by atoms with Crippen LogP contribution in [0.25, 0.3) is 0 Å². The van der Waals surface area contributed by atoms with Crippen molar-refractivity contribution in [3.63, 3.8) is 0 Å². The van der Waals surface area contributed by atoms with Crippen LogP contribution in [0.5, 0.6) is 0 Å². The molecular formula is C14H13Br2FN2. The van der Waals surface area contributed by atoms with E-state index in [0.717, 1.165) is 20.2 Å². The third-order valence-electron chi connectivity index (χ3n) is 2.83. The molecule has 0 saturated heterocycles. The lowest BCUT2D eigenvalue weighted by atomic mass is 10.1. The number of rotatable bonds is 4. The van der Waals surface area contributed by atoms with Crippen LogP contribution in [0.3, 0.4) is 0 Å². The molecule has 1 aromatic heterocycles. The molecule has 1 N–H and O–H groups in total. The number of hydrogen-bond donors (Lipinski definition) is 1. The van der Waals surface area contributed by atoms with Gasteiger partial charge in [0.2, 0.25) is 0 Å². The Morgan fingerprint density at radius 3 is 2.58 bits per heavy atom. The van der Waals surface area contributed by atoms with E-state index < -0.39 is 0 Å². The monoisotopic (exact) mass is 386 g/mol. The maximum absolute atomic E-state index is 12.9. The molecule has 0 fully saturated rings. The van der Waals surface area contributed by atoms with Crippen molar-refractivity contribution >= 4 is 31.9 Å². The first-order valence-corrected chi connectivity index (χ1v) is 7.43. The minimum absolute atomic E-state index is 0.137. The van der Waals surface area contributed by atoms with Gasteiger partial charge in [0, 0.05) is 27.7 Å². The van der Waals surface area contributed by atoms with Gasteiger partial charge in [-0.15, -0.1) is 0 Å². The van der Waals surface area contributed by atoms with Gasteiger partial charge in [0.05, 0.1) is 5.69 Å². The molecular weight excluding hydrogens is 375 g/mol. The average molecular weight is 388 g/mol. The molecule has 2 nitrogen and oxygen atoms in total. The van der Waals surface area contributed by atoms with Crippen LogP contribution in [-0.2, 0) is 6.54 Å². The van der Waals surface area contributed by atoms with E-state index in [1.807, 2.05) is 13.0 Å². The predicted molar refractivity (Wildman–Crippen MR) is 81.3 cm³/mol. The maximum Gasteiger partial charge on any atom is 0.123 e. The highest BCUT2D eigenvalue weighted by atomic mass is 79.9. The zero-order chi connectivity index (χ0) is 13.8. The second-order valence-corrected chi connectivity index (χ2v) is 6.01. The molecule has 0 aliphatic heterocycles. The molecule has 0 aliphatic carbocycles. The van der Waals surface area contributed by atoms with Crippen molar-refractivity contribution in [1.82, 2.24) is 10.3 Å². The first-order chi connectivity index (χ1) is 9.06. The van der Waals surface area contributed by atoms with Crippen LogP contribution in [-0.4, -0.2) is 4.98 Å². The smallest absolute Gasteiger partial charge is 0.123 e. The average Bonchev–Trinajstić information content (AvgIpc) is 2.38. The van der Waals surface area contributed by atoms with Crippen LogP contribution in [0.4, 0.5) is 4.39 Å². The molecule has 0 unspecified atom stereocenters. The van der Waals surface area contributed by atoms with E-state index >= 15 is 0 Å². The molecule has 0 aliphatic rings. The molecule has 1 atom stereocenters. The van der Waals surface area contributed by atoms with E-state index in [2.05, 4.69) is 42.2 Å². The Labute approximate surface area is 128 Å². The van der Waals surface area contributed by atoms with E-state index in [4.69, 9.17) is 0 Å². The molecule has 5 heteroatoms. The maximum atomic E-state index is 12.9. The summed E-state index contributed by atoms with van der Waals surface area (Å²) in [7, 11) is 0. The summed E-state index contributed by atoms with van der Waals surface area (Å²) in [5.41, 5.74) is 1.99. The van der Waals surface area contributed by atoms with Gasteiger partial charge < -0.3 is 5.32 Å². The van der Waals surface area contributed by atoms with Gasteiger partial charge in [0.1, 0.15) is 5.82 Å². The molecule has 0 bridgehead atoms. The molecule has 2 aromatic rings. The number of halogens is 3. The normalized spacial score (nSPS) is 12.4. The van der Waals surface area contributed by atoms with Crippen molar-refractivity contribution in [2.24, 2.45) is 0 Å². The van der Waals surface area contributed by atoms with Gasteiger partial charge in [0.25, 0.3) is 0 Å². The minimum Gasteiger partial charge on any atom is -0.305 e. The highest BCUT2D eigenvalue weighted by Gasteiger charge is 2.07. The second kappa shape index (κ2) is 6.59. The van der Waals surface area contributed by atoms with E-state index in [1.165, 1.54) is 12.1 Å². The Bertz CT molecular complexity index is 558. The summed E-state index contributed by atoms with van der Waals surface area (Å²) in [6, 6.07) is 8.63. The number of nitrogens with zero attached hydrogens (tertiary/aromatic N) is 1. The van der Waals surface area contributed by atoms with Gasteiger partial charge >= 0.3 is 0 Å². The van der Waals surface area contributed by atoms with Crippen molar-refractivity contribution in [2.45, 2.75) is 19.5 Å². The van der Waals surface area contributed by atoms with Gasteiger partial charge in [-0.25, -0.2) is 4.39 Å². The van der Waals surface area contributed by atoms with Crippen molar-refractivity contribution in [2.75, 3.05) is 0 Å². The summed E-state index contributed by atoms with van der Waals surface area (Å²) >= 11 is 6.85. The molecule has 0 spiro atoms. The van der Waals surface area contributed by atoms with Crippen molar-refractivity contribution < 1.29 is 4.39 Å². The van der Waals surface area contributed by atoms with Crippen molar-refractivity contribution in [3.05, 3.63) is 62.5 Å². The Morgan fingerprint density at radius 1 is 1.26 bits per heavy atom. The second-order valence-electron chi connectivity index (χ2n) is 4.24. The zero-order valence-corrected chi connectivity index (χ0v) is 13.5. The molecule has 0 saturated carbocycles. The third-order valence-corrected chi connectivity index (χ3v) is 3.95. The fourth-order valence-corrected chi connectivity index (χ4v) is 2.82. The SMILES string of the molecule is C[C@H](NCc1ncc(Br)cc1Br)c1ccc(F)cc1. The Kier molecular flexibility index (Phi) is 5.07. The van der Waals surface area contributed by atoms with Gasteiger partial charge in [-0.1, -0.05) is 12.1 Å². The Hall–Kier alpha value is -0.780. The van der Waals surface area contributed by atoms with Crippen LogP contribution >= 0.6 is 31.9 Å². The van der Waals surface area contributed by atoms with Crippen molar-refractivity contribution in [1.29, 1.82) is 0 Å². The Morgan fingerprint density at radius 2 is 1.95 bits per heavy atom. The summed E-state index contributed by atoms with van der Waals surface area (Å²) in [5, 5.41) is 3.36. The van der Waals surface area contributed by atoms with Crippen LogP contribution in [0.15, 0.2) is 45.5 Å². The predicted octanol–water partition coefficient (Wildman–Crippen LogP) is 4.60. The fourth-order valence-electron chi connectivity index (χ4n) is 1.69. The fraction of sp³-hybridized carbons (Fsp3) is 0.214. The summed E-state index contributed by atoms with van der Waals surface area (Å²) in [6.07, 6.45) is 1.77. The van der Waals surface area contributed by atoms with Crippen LogP contribution in [0.1, 0.15) is 24.2 Å². The highest BCUT2D eigenvalue weighted by Crippen LogP contribution is 2.20. The van der Waals surface area contributed by atoms with E-state index in [9.17, 15) is 4.39 Å². The number of nitrogens with one attached hydrogen (secondary N) is 1. The molecule has 0 radical (unpaired) electrons. The van der Waals surface area contributed by atoms with E-state index in [1.54, 1.807) is 18.3 Å². The lowest BCUT2D eigenvalue weighted by Gasteiger charge is -2.14. The largest absolute Gasteiger partial charge is 0.305 e. The number of aromatic nitrogens is 1. The van der Waals surface area contributed by atoms with Gasteiger partial charge in [-0.2, -0.15) is 0 Å². The van der Waals surface area contributed by atoms with Crippen LogP contribution in [0.2, 0.25) is 0 Å². The lowest BCUT2D eigenvalue weighted by molar-refractivity contribution is 0.563. The van der Waals surface area contributed by atoms with E-state index in [-0.39, 0.29) is 11.9 Å². The number of pyridine rings is 1. The zero-order valence-electron chi connectivity index (χ0n) is 10.3. The standard InChI is InChI=1S/C14H13Br2FN2/c1-9(10-2-4-12(17)5-3-10)18-8-14-13(16)6-11(15)7-19-14/h2-7,9,18H,8H2,1H3/t9-/m0/s1. The molecule has 0 amide bonds. The summed E-state index contributed by atoms with van der Waals surface area (Å²) < 4.78 is 14.7. The first-order valence-electron chi connectivity index (χ1n) is 5.85. The minimum atomic E-state index is -0.215. The summed E-state index contributed by atoms with van der Waals surface area (Å²) in [4.78, 5) is 4.34. The molecule has 1 heterocycles. The van der Waals surface area contributed by atoms with Gasteiger partial charge in [0.15, 0.2) is 0 Å². The third kappa shape index (κ3) is 4.09. The van der Waals surface area contributed by atoms with Gasteiger partial charge in [-0.3, -0.25) is 4.98 Å². The first kappa shape index (κ1) is 14.6. The summed E-state index contributed by atoms with van der Waals surface area (Å²) in [5.74, 6) is -0.215. The lowest BCUT2D eigenvalue weighted by Crippen LogP contribution is -2.19. The quantitative estimate of drug-likeness (QED) is 0.829. The molecule has 2 rings (SSSR count). The molecule has 100 valence electrons. The van der Waals surface area contributed by atoms with Crippen LogP contribution in [0, 0.1) is 5.82 Å².